The number of hydrogen-bond acceptors (Lipinski definition) is 3. The quantitative estimate of drug-likeness (QED) is 0.946. The van der Waals surface area contributed by atoms with Gasteiger partial charge in [0, 0.05) is 19.1 Å². The first-order valence-corrected chi connectivity index (χ1v) is 8.23. The fourth-order valence-corrected chi connectivity index (χ4v) is 3.25. The van der Waals surface area contributed by atoms with Gasteiger partial charge >= 0.3 is 0 Å². The summed E-state index contributed by atoms with van der Waals surface area (Å²) < 4.78 is 1.82. The highest BCUT2D eigenvalue weighted by atomic mass is 16.2. The van der Waals surface area contributed by atoms with Crippen molar-refractivity contribution < 1.29 is 4.79 Å². The molecule has 1 aromatic heterocycles. The third-order valence-electron chi connectivity index (χ3n) is 4.81. The second-order valence-electron chi connectivity index (χ2n) is 6.38. The summed E-state index contributed by atoms with van der Waals surface area (Å²) in [4.78, 5) is 14.7. The smallest absolute Gasteiger partial charge is 0.257 e. The fourth-order valence-electron chi connectivity index (χ4n) is 3.25. The molecule has 5 heteroatoms. The second kappa shape index (κ2) is 6.54. The highest BCUT2D eigenvalue weighted by Gasteiger charge is 2.27. The molecule has 0 saturated carbocycles. The normalized spacial score (nSPS) is 17.3. The minimum atomic E-state index is 0.0767. The van der Waals surface area contributed by atoms with E-state index in [4.69, 9.17) is 5.73 Å². The van der Waals surface area contributed by atoms with Crippen molar-refractivity contribution in [3.63, 3.8) is 0 Å². The van der Waals surface area contributed by atoms with E-state index in [1.54, 1.807) is 6.20 Å². The minimum Gasteiger partial charge on any atom is -0.339 e. The van der Waals surface area contributed by atoms with Crippen molar-refractivity contribution in [3.8, 4) is 5.69 Å². The van der Waals surface area contributed by atoms with Crippen molar-refractivity contribution in [2.24, 2.45) is 11.7 Å². The van der Waals surface area contributed by atoms with Crippen LogP contribution in [0.1, 0.15) is 35.8 Å². The lowest BCUT2D eigenvalue weighted by Crippen LogP contribution is -2.42. The van der Waals surface area contributed by atoms with Crippen molar-refractivity contribution in [3.05, 3.63) is 47.8 Å². The van der Waals surface area contributed by atoms with Gasteiger partial charge in [-0.3, -0.25) is 4.79 Å². The average molecular weight is 312 g/mol. The lowest BCUT2D eigenvalue weighted by Gasteiger charge is -2.33. The largest absolute Gasteiger partial charge is 0.339 e. The summed E-state index contributed by atoms with van der Waals surface area (Å²) in [7, 11) is 0. The monoisotopic (exact) mass is 312 g/mol. The Balaban J connectivity index is 1.76. The average Bonchev–Trinajstić information content (AvgIpc) is 2.96. The summed E-state index contributed by atoms with van der Waals surface area (Å²) in [6, 6.07) is 10.1. The molecule has 122 valence electrons. The number of carbonyl (C=O) groups excluding carboxylic acids is 1. The lowest BCUT2D eigenvalue weighted by atomic mass is 9.91. The second-order valence-corrected chi connectivity index (χ2v) is 6.38. The molecule has 1 fully saturated rings. The Morgan fingerprint density at radius 1 is 1.26 bits per heavy atom. The van der Waals surface area contributed by atoms with Crippen LogP contribution in [0.2, 0.25) is 0 Å². The van der Waals surface area contributed by atoms with Crippen molar-refractivity contribution in [2.75, 3.05) is 13.1 Å². The molecule has 1 amide bonds. The van der Waals surface area contributed by atoms with Crippen LogP contribution < -0.4 is 5.73 Å². The molecular weight excluding hydrogens is 288 g/mol. The maximum Gasteiger partial charge on any atom is 0.257 e. The maximum atomic E-state index is 12.8. The van der Waals surface area contributed by atoms with E-state index in [1.807, 2.05) is 46.8 Å². The van der Waals surface area contributed by atoms with Gasteiger partial charge in [0.05, 0.1) is 23.1 Å². The zero-order chi connectivity index (χ0) is 16.4. The van der Waals surface area contributed by atoms with Crippen molar-refractivity contribution in [2.45, 2.75) is 32.7 Å². The number of likely N-dealkylation sites (tertiary alicyclic amines) is 1. The summed E-state index contributed by atoms with van der Waals surface area (Å²) in [6.07, 6.45) is 3.65. The van der Waals surface area contributed by atoms with E-state index in [9.17, 15) is 4.79 Å². The highest BCUT2D eigenvalue weighted by Crippen LogP contribution is 2.22. The molecule has 1 aliphatic rings. The van der Waals surface area contributed by atoms with Crippen LogP contribution in [0.5, 0.6) is 0 Å². The number of amides is 1. The molecule has 1 aliphatic heterocycles. The van der Waals surface area contributed by atoms with Crippen LogP contribution in [0.4, 0.5) is 0 Å². The number of carbonyl (C=O) groups is 1. The van der Waals surface area contributed by atoms with Crippen LogP contribution in [0.15, 0.2) is 36.5 Å². The van der Waals surface area contributed by atoms with E-state index in [1.165, 1.54) is 0 Å². The molecule has 0 radical (unpaired) electrons. The van der Waals surface area contributed by atoms with Crippen LogP contribution in [-0.2, 0) is 0 Å². The van der Waals surface area contributed by atoms with Crippen LogP contribution in [0.25, 0.3) is 5.69 Å². The number of hydrogen-bond donors (Lipinski definition) is 1. The van der Waals surface area contributed by atoms with Crippen molar-refractivity contribution >= 4 is 5.91 Å². The Morgan fingerprint density at radius 2 is 1.91 bits per heavy atom. The zero-order valence-corrected chi connectivity index (χ0v) is 13.8. The van der Waals surface area contributed by atoms with Gasteiger partial charge in [-0.05, 0) is 44.7 Å². The number of aromatic nitrogens is 2. The van der Waals surface area contributed by atoms with Gasteiger partial charge in [-0.1, -0.05) is 18.2 Å². The number of para-hydroxylation sites is 1. The minimum absolute atomic E-state index is 0.0767. The molecule has 1 saturated heterocycles. The summed E-state index contributed by atoms with van der Waals surface area (Å²) in [5, 5.41) is 4.39. The van der Waals surface area contributed by atoms with Crippen LogP contribution in [0.3, 0.4) is 0 Å². The molecule has 0 aliphatic carbocycles. The number of nitrogens with two attached hydrogens (primary N) is 1. The van der Waals surface area contributed by atoms with Crippen LogP contribution in [0, 0.1) is 12.8 Å². The molecule has 23 heavy (non-hydrogen) atoms. The van der Waals surface area contributed by atoms with Crippen molar-refractivity contribution in [1.29, 1.82) is 0 Å². The first-order chi connectivity index (χ1) is 11.1. The van der Waals surface area contributed by atoms with E-state index in [0.29, 0.717) is 11.5 Å². The number of nitrogens with zero attached hydrogens (tertiary/aromatic N) is 3. The highest BCUT2D eigenvalue weighted by molar-refractivity contribution is 5.95. The Labute approximate surface area is 137 Å². The Hall–Kier alpha value is -2.14. The third-order valence-corrected chi connectivity index (χ3v) is 4.81. The Kier molecular flexibility index (Phi) is 4.48. The van der Waals surface area contributed by atoms with Crippen LogP contribution in [-0.4, -0.2) is 39.7 Å². The summed E-state index contributed by atoms with van der Waals surface area (Å²) in [5.41, 5.74) is 8.52. The standard InChI is InChI=1S/C18H24N4O/c1-13(19)15-8-10-21(11-9-15)18(23)17-12-20-22(14(17)2)16-6-4-3-5-7-16/h3-7,12-13,15H,8-11,19H2,1-2H3. The molecule has 1 unspecified atom stereocenters. The first-order valence-electron chi connectivity index (χ1n) is 8.23. The lowest BCUT2D eigenvalue weighted by molar-refractivity contribution is 0.0680. The van der Waals surface area contributed by atoms with Gasteiger partial charge in [0.15, 0.2) is 0 Å². The molecule has 5 nitrogen and oxygen atoms in total. The van der Waals surface area contributed by atoms with E-state index < -0.39 is 0 Å². The molecule has 0 bridgehead atoms. The fraction of sp³-hybridized carbons (Fsp3) is 0.444. The Bertz CT molecular complexity index is 670. The summed E-state index contributed by atoms with van der Waals surface area (Å²) >= 11 is 0. The summed E-state index contributed by atoms with van der Waals surface area (Å²) in [5.74, 6) is 0.597. The molecule has 2 heterocycles. The molecule has 2 aromatic rings. The maximum absolute atomic E-state index is 12.8. The molecule has 1 atom stereocenters. The van der Waals surface area contributed by atoms with Gasteiger partial charge in [0.25, 0.3) is 5.91 Å². The predicted octanol–water partition coefficient (Wildman–Crippen LogP) is 2.38. The van der Waals surface area contributed by atoms with Gasteiger partial charge < -0.3 is 10.6 Å². The van der Waals surface area contributed by atoms with Gasteiger partial charge in [-0.15, -0.1) is 0 Å². The predicted molar refractivity (Wildman–Crippen MR) is 90.6 cm³/mol. The van der Waals surface area contributed by atoms with Gasteiger partial charge in [0.1, 0.15) is 0 Å². The van der Waals surface area contributed by atoms with E-state index in [0.717, 1.165) is 37.3 Å². The van der Waals surface area contributed by atoms with Gasteiger partial charge in [-0.2, -0.15) is 5.10 Å². The number of piperidine rings is 1. The first kappa shape index (κ1) is 15.7. The van der Waals surface area contributed by atoms with E-state index in [-0.39, 0.29) is 11.9 Å². The zero-order valence-electron chi connectivity index (χ0n) is 13.8. The van der Waals surface area contributed by atoms with Crippen LogP contribution >= 0.6 is 0 Å². The number of benzene rings is 1. The van der Waals surface area contributed by atoms with E-state index >= 15 is 0 Å². The van der Waals surface area contributed by atoms with Gasteiger partial charge in [0.2, 0.25) is 0 Å². The van der Waals surface area contributed by atoms with Gasteiger partial charge in [-0.25, -0.2) is 4.68 Å². The van der Waals surface area contributed by atoms with Crippen molar-refractivity contribution in [1.82, 2.24) is 14.7 Å². The number of rotatable bonds is 3. The van der Waals surface area contributed by atoms with E-state index in [2.05, 4.69) is 12.0 Å². The summed E-state index contributed by atoms with van der Waals surface area (Å²) in [6.45, 7) is 5.56. The SMILES string of the molecule is Cc1c(C(=O)N2CCC(C(C)N)CC2)cnn1-c1ccccc1. The molecule has 1 aromatic carbocycles. The molecule has 2 N–H and O–H groups in total. The topological polar surface area (TPSA) is 64.2 Å². The Morgan fingerprint density at radius 3 is 2.52 bits per heavy atom. The molecule has 3 rings (SSSR count). The molecular formula is C18H24N4O. The molecule has 0 spiro atoms. The third kappa shape index (κ3) is 3.15.